The van der Waals surface area contributed by atoms with E-state index in [0.717, 1.165) is 22.7 Å². The van der Waals surface area contributed by atoms with E-state index in [1.165, 1.54) is 4.90 Å². The van der Waals surface area contributed by atoms with Crippen molar-refractivity contribution in [3.05, 3.63) is 41.3 Å². The number of hydrogen-bond acceptors (Lipinski definition) is 5. The minimum atomic E-state index is -4.54. The van der Waals surface area contributed by atoms with Crippen molar-refractivity contribution < 1.29 is 13.2 Å². The highest BCUT2D eigenvalue weighted by Crippen LogP contribution is 2.30. The highest BCUT2D eigenvalue weighted by atomic mass is 19.4. The number of anilines is 2. The van der Waals surface area contributed by atoms with E-state index in [9.17, 15) is 13.2 Å². The Labute approximate surface area is 148 Å². The lowest BCUT2D eigenvalue weighted by Crippen LogP contribution is -2.18. The molecule has 0 fully saturated rings. The van der Waals surface area contributed by atoms with Crippen LogP contribution < -0.4 is 10.2 Å². The van der Waals surface area contributed by atoms with Crippen LogP contribution in [0.15, 0.2) is 24.3 Å². The molecule has 0 bridgehead atoms. The molecule has 9 heteroatoms. The maximum atomic E-state index is 13.1. The van der Waals surface area contributed by atoms with E-state index in [1.807, 2.05) is 36.7 Å². The van der Waals surface area contributed by atoms with Crippen LogP contribution in [0.1, 0.15) is 17.1 Å². The first-order valence-electron chi connectivity index (χ1n) is 7.95. The van der Waals surface area contributed by atoms with Gasteiger partial charge < -0.3 is 14.8 Å². The number of hydrogen-bond donors (Lipinski definition) is 1. The maximum absolute atomic E-state index is 13.1. The molecule has 0 aliphatic heterocycles. The van der Waals surface area contributed by atoms with Crippen LogP contribution >= 0.6 is 0 Å². The van der Waals surface area contributed by atoms with Gasteiger partial charge in [0.15, 0.2) is 5.69 Å². The van der Waals surface area contributed by atoms with E-state index in [0.29, 0.717) is 5.82 Å². The molecule has 0 amide bonds. The molecule has 2 heterocycles. The summed E-state index contributed by atoms with van der Waals surface area (Å²) in [4.78, 5) is 13.8. The Balaban J connectivity index is 1.91. The number of aryl methyl sites for hydroxylation is 2. The molecule has 3 rings (SSSR count). The number of alkyl halides is 3. The zero-order valence-corrected chi connectivity index (χ0v) is 14.9. The second-order valence-electron chi connectivity index (χ2n) is 6.21. The van der Waals surface area contributed by atoms with Gasteiger partial charge in [-0.25, -0.2) is 9.97 Å². The number of aromatic nitrogens is 4. The van der Waals surface area contributed by atoms with E-state index in [4.69, 9.17) is 0 Å². The summed E-state index contributed by atoms with van der Waals surface area (Å²) in [6.07, 6.45) is -4.54. The van der Waals surface area contributed by atoms with Gasteiger partial charge in [-0.1, -0.05) is 12.1 Å². The Hall–Kier alpha value is -2.84. The van der Waals surface area contributed by atoms with Crippen molar-refractivity contribution in [3.8, 4) is 0 Å². The second kappa shape index (κ2) is 6.47. The molecule has 0 spiro atoms. The molecule has 0 unspecified atom stereocenters. The molecule has 138 valence electrons. The molecule has 2 aromatic heterocycles. The fraction of sp³-hybridized carbons (Fsp3) is 0.353. The number of benzene rings is 1. The number of rotatable bonds is 4. The number of nitrogens with one attached hydrogen (secondary N) is 1. The van der Waals surface area contributed by atoms with Gasteiger partial charge in [0.2, 0.25) is 5.95 Å². The number of imidazole rings is 1. The largest absolute Gasteiger partial charge is 0.433 e. The van der Waals surface area contributed by atoms with Crippen LogP contribution in [0.2, 0.25) is 0 Å². The highest BCUT2D eigenvalue weighted by Gasteiger charge is 2.34. The lowest BCUT2D eigenvalue weighted by atomic mass is 10.2. The van der Waals surface area contributed by atoms with E-state index in [2.05, 4.69) is 20.3 Å². The molecule has 26 heavy (non-hydrogen) atoms. The van der Waals surface area contributed by atoms with Gasteiger partial charge in [0, 0.05) is 27.2 Å². The Kier molecular flexibility index (Phi) is 4.47. The van der Waals surface area contributed by atoms with Gasteiger partial charge in [-0.2, -0.15) is 18.2 Å². The van der Waals surface area contributed by atoms with Gasteiger partial charge in [0.1, 0.15) is 11.6 Å². The number of nitrogens with zero attached hydrogens (tertiary/aromatic N) is 5. The molecular formula is C17H19F3N6. The van der Waals surface area contributed by atoms with Crippen molar-refractivity contribution in [2.24, 2.45) is 7.05 Å². The molecule has 0 aliphatic rings. The Morgan fingerprint density at radius 2 is 1.88 bits per heavy atom. The van der Waals surface area contributed by atoms with E-state index in [-0.39, 0.29) is 18.3 Å². The monoisotopic (exact) mass is 364 g/mol. The van der Waals surface area contributed by atoms with Gasteiger partial charge >= 0.3 is 6.18 Å². The molecule has 0 atom stereocenters. The maximum Gasteiger partial charge on any atom is 0.433 e. The third kappa shape index (κ3) is 3.42. The minimum Gasteiger partial charge on any atom is -0.363 e. The first-order chi connectivity index (χ1) is 12.2. The molecule has 0 saturated heterocycles. The molecular weight excluding hydrogens is 345 g/mol. The normalized spacial score (nSPS) is 11.8. The third-order valence-corrected chi connectivity index (χ3v) is 4.05. The van der Waals surface area contributed by atoms with Gasteiger partial charge in [-0.05, 0) is 18.6 Å². The molecule has 0 aliphatic carbocycles. The summed E-state index contributed by atoms with van der Waals surface area (Å²) in [7, 11) is 5.12. The van der Waals surface area contributed by atoms with Crippen LogP contribution in [0.5, 0.6) is 0 Å². The van der Waals surface area contributed by atoms with Gasteiger partial charge in [0.05, 0.1) is 17.6 Å². The van der Waals surface area contributed by atoms with E-state index >= 15 is 0 Å². The smallest absolute Gasteiger partial charge is 0.363 e. The van der Waals surface area contributed by atoms with Crippen molar-refractivity contribution in [2.75, 3.05) is 24.3 Å². The van der Waals surface area contributed by atoms with Crippen molar-refractivity contribution in [2.45, 2.75) is 19.6 Å². The van der Waals surface area contributed by atoms with Gasteiger partial charge in [0.25, 0.3) is 0 Å². The van der Waals surface area contributed by atoms with E-state index in [1.54, 1.807) is 14.1 Å². The Bertz CT molecular complexity index is 946. The third-order valence-electron chi connectivity index (χ3n) is 4.05. The van der Waals surface area contributed by atoms with Crippen molar-refractivity contribution in [1.29, 1.82) is 0 Å². The number of halogens is 3. The average molecular weight is 364 g/mol. The number of fused-ring (bicyclic) bond motifs is 1. The minimum absolute atomic E-state index is 0.0905. The molecule has 0 radical (unpaired) electrons. The van der Waals surface area contributed by atoms with Crippen LogP contribution in [0.3, 0.4) is 0 Å². The summed E-state index contributed by atoms with van der Waals surface area (Å²) in [6.45, 7) is 2.19. The summed E-state index contributed by atoms with van der Waals surface area (Å²) in [5.74, 6) is 0.768. The lowest BCUT2D eigenvalue weighted by Gasteiger charge is -2.16. The van der Waals surface area contributed by atoms with Crippen molar-refractivity contribution in [1.82, 2.24) is 19.5 Å². The van der Waals surface area contributed by atoms with Crippen LogP contribution in [0.4, 0.5) is 24.9 Å². The molecule has 3 aromatic rings. The fourth-order valence-electron chi connectivity index (χ4n) is 2.72. The highest BCUT2D eigenvalue weighted by molar-refractivity contribution is 5.79. The van der Waals surface area contributed by atoms with Crippen LogP contribution in [-0.2, 0) is 19.8 Å². The second-order valence-corrected chi connectivity index (χ2v) is 6.21. The molecule has 0 saturated carbocycles. The van der Waals surface area contributed by atoms with Crippen LogP contribution in [0, 0.1) is 6.92 Å². The quantitative estimate of drug-likeness (QED) is 0.769. The molecule has 1 aromatic carbocycles. The first kappa shape index (κ1) is 18.0. The topological polar surface area (TPSA) is 58.9 Å². The predicted molar refractivity (Wildman–Crippen MR) is 94.1 cm³/mol. The first-order valence-corrected chi connectivity index (χ1v) is 7.95. The summed E-state index contributed by atoms with van der Waals surface area (Å²) in [5, 5.41) is 2.86. The zero-order chi connectivity index (χ0) is 19.1. The fourth-order valence-corrected chi connectivity index (χ4v) is 2.72. The van der Waals surface area contributed by atoms with Crippen molar-refractivity contribution in [3.63, 3.8) is 0 Å². The summed E-state index contributed by atoms with van der Waals surface area (Å²) in [6, 6.07) is 6.72. The predicted octanol–water partition coefficient (Wildman–Crippen LogP) is 3.37. The summed E-state index contributed by atoms with van der Waals surface area (Å²) >= 11 is 0. The number of para-hydroxylation sites is 1. The average Bonchev–Trinajstić information content (AvgIpc) is 2.89. The van der Waals surface area contributed by atoms with Crippen molar-refractivity contribution >= 4 is 22.8 Å². The molecule has 1 N–H and O–H groups in total. The zero-order valence-electron chi connectivity index (χ0n) is 14.9. The van der Waals surface area contributed by atoms with Gasteiger partial charge in [-0.3, -0.25) is 0 Å². The summed E-state index contributed by atoms with van der Waals surface area (Å²) in [5.41, 5.74) is 1.92. The Morgan fingerprint density at radius 3 is 2.50 bits per heavy atom. The van der Waals surface area contributed by atoms with Crippen LogP contribution in [0.25, 0.3) is 11.0 Å². The van der Waals surface area contributed by atoms with E-state index < -0.39 is 11.9 Å². The molecule has 6 nitrogen and oxygen atoms in total. The Morgan fingerprint density at radius 1 is 1.15 bits per heavy atom. The SMILES string of the molecule is Cc1cccc2nc(CNc3nc(N(C)C)cc(C(F)(F)F)n3)n(C)c12. The summed E-state index contributed by atoms with van der Waals surface area (Å²) < 4.78 is 41.1. The standard InChI is InChI=1S/C17H19F3N6/c1-10-6-5-7-11-15(10)26(4)14(22-11)9-21-16-23-12(17(18,19)20)8-13(24-16)25(2)3/h5-8H,9H2,1-4H3,(H,21,23,24). The lowest BCUT2D eigenvalue weighted by molar-refractivity contribution is -0.141. The van der Waals surface area contributed by atoms with Crippen LogP contribution in [-0.4, -0.2) is 33.6 Å². The van der Waals surface area contributed by atoms with Gasteiger partial charge in [-0.15, -0.1) is 0 Å².